The van der Waals surface area contributed by atoms with Gasteiger partial charge < -0.3 is 10.3 Å². The van der Waals surface area contributed by atoms with Gasteiger partial charge in [-0.15, -0.1) is 0 Å². The van der Waals surface area contributed by atoms with Crippen LogP contribution in [0.25, 0.3) is 0 Å². The van der Waals surface area contributed by atoms with E-state index in [1.54, 1.807) is 0 Å². The molecule has 2 rings (SSSR count). The summed E-state index contributed by atoms with van der Waals surface area (Å²) in [6.07, 6.45) is 0.873. The molecule has 0 aliphatic carbocycles. The molecular formula is C14H11F2N3O4. The first-order valence-electron chi connectivity index (χ1n) is 6.42. The van der Waals surface area contributed by atoms with E-state index in [1.807, 2.05) is 0 Å². The van der Waals surface area contributed by atoms with Crippen molar-refractivity contribution in [1.29, 1.82) is 0 Å². The number of aromatic amines is 1. The second-order valence-corrected chi connectivity index (χ2v) is 4.73. The van der Waals surface area contributed by atoms with Crippen LogP contribution in [0.1, 0.15) is 28.9 Å². The molecule has 1 heterocycles. The molecule has 0 bridgehead atoms. The highest BCUT2D eigenvalue weighted by molar-refractivity contribution is 5.94. The van der Waals surface area contributed by atoms with Crippen molar-refractivity contribution in [3.8, 4) is 0 Å². The third-order valence-corrected chi connectivity index (χ3v) is 3.13. The van der Waals surface area contributed by atoms with E-state index in [9.17, 15) is 28.5 Å². The topological polar surface area (TPSA) is 105 Å². The van der Waals surface area contributed by atoms with Crippen molar-refractivity contribution >= 4 is 11.6 Å². The number of carbonyl (C=O) groups is 1. The van der Waals surface area contributed by atoms with Gasteiger partial charge in [0.25, 0.3) is 17.2 Å². The van der Waals surface area contributed by atoms with Crippen LogP contribution >= 0.6 is 0 Å². The fourth-order valence-corrected chi connectivity index (χ4v) is 1.89. The number of aromatic nitrogens is 1. The van der Waals surface area contributed by atoms with Crippen LogP contribution in [0.4, 0.5) is 14.5 Å². The molecule has 9 heteroatoms. The lowest BCUT2D eigenvalue weighted by molar-refractivity contribution is -0.385. The lowest BCUT2D eigenvalue weighted by atomic mass is 10.1. The molecule has 0 saturated heterocycles. The third-order valence-electron chi connectivity index (χ3n) is 3.13. The first kappa shape index (κ1) is 16.3. The number of nitrogens with one attached hydrogen (secondary N) is 2. The highest BCUT2D eigenvalue weighted by Crippen LogP contribution is 2.16. The molecule has 23 heavy (non-hydrogen) atoms. The minimum absolute atomic E-state index is 0.277. The van der Waals surface area contributed by atoms with Crippen molar-refractivity contribution < 1.29 is 18.5 Å². The molecule has 2 N–H and O–H groups in total. The number of H-pyrrole nitrogens is 1. The van der Waals surface area contributed by atoms with Gasteiger partial charge in [0, 0.05) is 6.07 Å². The van der Waals surface area contributed by atoms with Crippen molar-refractivity contribution in [3.05, 3.63) is 73.7 Å². The second kappa shape index (κ2) is 6.34. The standard InChI is InChI=1S/C14H11F2N3O4/c1-7(8-2-3-11(15)12(16)4-8)18-14(21)10-5-9(19(22)23)6-17-13(10)20/h2-7H,1H3,(H,17,20)(H,18,21). The number of halogens is 2. The second-order valence-electron chi connectivity index (χ2n) is 4.73. The Morgan fingerprint density at radius 2 is 2.00 bits per heavy atom. The lowest BCUT2D eigenvalue weighted by Crippen LogP contribution is -2.31. The molecule has 1 amide bonds. The van der Waals surface area contributed by atoms with Crippen LogP contribution in [0.15, 0.2) is 35.3 Å². The Morgan fingerprint density at radius 1 is 1.30 bits per heavy atom. The van der Waals surface area contributed by atoms with Crippen LogP contribution in [0.3, 0.4) is 0 Å². The Hall–Kier alpha value is -3.10. The smallest absolute Gasteiger partial charge is 0.286 e. The van der Waals surface area contributed by atoms with Crippen LogP contribution in [0.2, 0.25) is 0 Å². The van der Waals surface area contributed by atoms with Gasteiger partial charge in [-0.2, -0.15) is 0 Å². The van der Waals surface area contributed by atoms with Crippen LogP contribution in [0.5, 0.6) is 0 Å². The monoisotopic (exact) mass is 323 g/mol. The summed E-state index contributed by atoms with van der Waals surface area (Å²) in [5.41, 5.74) is -1.42. The maximum absolute atomic E-state index is 13.2. The van der Waals surface area contributed by atoms with Crippen molar-refractivity contribution in [2.24, 2.45) is 0 Å². The molecule has 0 radical (unpaired) electrons. The Kier molecular flexibility index (Phi) is 4.49. The zero-order chi connectivity index (χ0) is 17.1. The van der Waals surface area contributed by atoms with Gasteiger partial charge in [0.05, 0.1) is 17.2 Å². The van der Waals surface area contributed by atoms with E-state index in [2.05, 4.69) is 10.3 Å². The minimum atomic E-state index is -1.07. The average molecular weight is 323 g/mol. The fraction of sp³-hybridized carbons (Fsp3) is 0.143. The summed E-state index contributed by atoms with van der Waals surface area (Å²) < 4.78 is 26.1. The van der Waals surface area contributed by atoms with E-state index in [0.717, 1.165) is 24.4 Å². The molecule has 2 aromatic rings. The summed E-state index contributed by atoms with van der Waals surface area (Å²) in [5.74, 6) is -2.97. The van der Waals surface area contributed by atoms with E-state index in [0.29, 0.717) is 0 Å². The van der Waals surface area contributed by atoms with Crippen LogP contribution in [0, 0.1) is 21.7 Å². The molecule has 0 aliphatic heterocycles. The van der Waals surface area contributed by atoms with E-state index in [-0.39, 0.29) is 5.56 Å². The number of amides is 1. The van der Waals surface area contributed by atoms with Crippen molar-refractivity contribution in [2.45, 2.75) is 13.0 Å². The Morgan fingerprint density at radius 3 is 2.61 bits per heavy atom. The van der Waals surface area contributed by atoms with Crippen LogP contribution in [-0.2, 0) is 0 Å². The quantitative estimate of drug-likeness (QED) is 0.663. The molecular weight excluding hydrogens is 312 g/mol. The highest BCUT2D eigenvalue weighted by Gasteiger charge is 2.19. The molecule has 0 saturated carbocycles. The average Bonchev–Trinajstić information content (AvgIpc) is 2.49. The SMILES string of the molecule is CC(NC(=O)c1cc([N+](=O)[O-])c[nH]c1=O)c1ccc(F)c(F)c1. The number of nitrogens with zero attached hydrogens (tertiary/aromatic N) is 1. The Labute approximate surface area is 128 Å². The first-order chi connectivity index (χ1) is 10.8. The molecule has 1 aromatic carbocycles. The summed E-state index contributed by atoms with van der Waals surface area (Å²) in [5, 5.41) is 13.1. The van der Waals surface area contributed by atoms with Gasteiger partial charge in [0.15, 0.2) is 11.6 Å². The van der Waals surface area contributed by atoms with Gasteiger partial charge in [-0.25, -0.2) is 8.78 Å². The number of nitro groups is 1. The number of hydrogen-bond acceptors (Lipinski definition) is 4. The summed E-state index contributed by atoms with van der Waals surface area (Å²) in [6, 6.07) is 3.20. The van der Waals surface area contributed by atoms with Crippen molar-refractivity contribution in [1.82, 2.24) is 10.3 Å². The van der Waals surface area contributed by atoms with Crippen molar-refractivity contribution in [2.75, 3.05) is 0 Å². The molecule has 0 aliphatic rings. The zero-order valence-electron chi connectivity index (χ0n) is 11.8. The zero-order valence-corrected chi connectivity index (χ0v) is 11.8. The highest BCUT2D eigenvalue weighted by atomic mass is 19.2. The van der Waals surface area contributed by atoms with Gasteiger partial charge in [0.2, 0.25) is 0 Å². The molecule has 1 aromatic heterocycles. The van der Waals surface area contributed by atoms with Gasteiger partial charge in [0.1, 0.15) is 5.56 Å². The maximum atomic E-state index is 13.2. The number of hydrogen-bond donors (Lipinski definition) is 2. The number of pyridine rings is 1. The normalized spacial score (nSPS) is 11.8. The fourth-order valence-electron chi connectivity index (χ4n) is 1.89. The predicted molar refractivity (Wildman–Crippen MR) is 76.0 cm³/mol. The Balaban J connectivity index is 2.24. The van der Waals surface area contributed by atoms with Gasteiger partial charge in [-0.05, 0) is 24.6 Å². The molecule has 7 nitrogen and oxygen atoms in total. The molecule has 1 unspecified atom stereocenters. The van der Waals surface area contributed by atoms with E-state index in [4.69, 9.17) is 0 Å². The first-order valence-corrected chi connectivity index (χ1v) is 6.42. The molecule has 0 spiro atoms. The largest absolute Gasteiger partial charge is 0.345 e. The third kappa shape index (κ3) is 3.57. The molecule has 0 fully saturated rings. The van der Waals surface area contributed by atoms with Gasteiger partial charge >= 0.3 is 0 Å². The minimum Gasteiger partial charge on any atom is -0.345 e. The Bertz CT molecular complexity index is 835. The summed E-state index contributed by atoms with van der Waals surface area (Å²) in [7, 11) is 0. The summed E-state index contributed by atoms with van der Waals surface area (Å²) in [4.78, 5) is 35.7. The summed E-state index contributed by atoms with van der Waals surface area (Å²) >= 11 is 0. The van der Waals surface area contributed by atoms with Gasteiger partial charge in [-0.1, -0.05) is 6.07 Å². The molecule has 120 valence electrons. The van der Waals surface area contributed by atoms with Crippen LogP contribution < -0.4 is 10.9 Å². The maximum Gasteiger partial charge on any atom is 0.286 e. The van der Waals surface area contributed by atoms with E-state index < -0.39 is 45.3 Å². The van der Waals surface area contributed by atoms with Crippen molar-refractivity contribution in [3.63, 3.8) is 0 Å². The number of benzene rings is 1. The lowest BCUT2D eigenvalue weighted by Gasteiger charge is -2.14. The van der Waals surface area contributed by atoms with E-state index in [1.165, 1.54) is 13.0 Å². The predicted octanol–water partition coefficient (Wildman–Crippen LogP) is 2.05. The van der Waals surface area contributed by atoms with Gasteiger partial charge in [-0.3, -0.25) is 19.7 Å². The number of rotatable bonds is 4. The van der Waals surface area contributed by atoms with Crippen LogP contribution in [-0.4, -0.2) is 15.8 Å². The summed E-state index contributed by atoms with van der Waals surface area (Å²) in [6.45, 7) is 1.50. The van der Waals surface area contributed by atoms with E-state index >= 15 is 0 Å². The number of carbonyl (C=O) groups excluding carboxylic acids is 1. The molecule has 1 atom stereocenters.